The number of carbonyl (C=O) groups is 2. The van der Waals surface area contributed by atoms with Crippen LogP contribution < -0.4 is 10.2 Å². The number of aryl methyl sites for hydroxylation is 1. The van der Waals surface area contributed by atoms with E-state index in [9.17, 15) is 14.0 Å². The van der Waals surface area contributed by atoms with Crippen molar-refractivity contribution in [3.63, 3.8) is 0 Å². The number of hydrogen-bond donors (Lipinski definition) is 1. The molecule has 0 fully saturated rings. The highest BCUT2D eigenvalue weighted by molar-refractivity contribution is 6.35. The van der Waals surface area contributed by atoms with Gasteiger partial charge in [0.1, 0.15) is 5.82 Å². The fraction of sp³-hybridized carbons (Fsp3) is 0.267. The second kappa shape index (κ2) is 13.1. The number of halogens is 3. The molecule has 0 aliphatic carbocycles. The number of amides is 2. The Morgan fingerprint density at radius 2 is 1.84 bits per heavy atom. The zero-order valence-corrected chi connectivity index (χ0v) is 23.3. The number of fused-ring (bicyclic) bond motifs is 1. The molecule has 38 heavy (non-hydrogen) atoms. The first kappa shape index (κ1) is 29.4. The summed E-state index contributed by atoms with van der Waals surface area (Å²) in [5.41, 5.74) is 4.72. The molecule has 4 rings (SSSR count). The SMILES string of the molecule is Cc1ccccc1C(=O)Nc1ccc(C(=O)N2CCC/C(=C/CCN(C)C)c3cc(F)ccc32)c(Cl)c1.Cl. The summed E-state index contributed by atoms with van der Waals surface area (Å²) >= 11 is 6.55. The van der Waals surface area contributed by atoms with Crippen molar-refractivity contribution in [1.82, 2.24) is 4.90 Å². The van der Waals surface area contributed by atoms with Gasteiger partial charge in [-0.05, 0) is 93.9 Å². The van der Waals surface area contributed by atoms with Crippen LogP contribution in [0.1, 0.15) is 51.1 Å². The lowest BCUT2D eigenvalue weighted by Crippen LogP contribution is -2.32. The van der Waals surface area contributed by atoms with Gasteiger partial charge in [-0.2, -0.15) is 0 Å². The number of benzene rings is 3. The van der Waals surface area contributed by atoms with Gasteiger partial charge in [-0.3, -0.25) is 9.59 Å². The Labute approximate surface area is 234 Å². The van der Waals surface area contributed by atoms with E-state index in [1.54, 1.807) is 35.2 Å². The van der Waals surface area contributed by atoms with Crippen molar-refractivity contribution in [3.8, 4) is 0 Å². The monoisotopic (exact) mass is 555 g/mol. The fourth-order valence-corrected chi connectivity index (χ4v) is 4.80. The van der Waals surface area contributed by atoms with E-state index >= 15 is 0 Å². The summed E-state index contributed by atoms with van der Waals surface area (Å²) in [6.45, 7) is 3.25. The molecule has 8 heteroatoms. The van der Waals surface area contributed by atoms with E-state index in [2.05, 4.69) is 16.3 Å². The molecule has 0 unspecified atom stereocenters. The van der Waals surface area contributed by atoms with E-state index < -0.39 is 0 Å². The summed E-state index contributed by atoms with van der Waals surface area (Å²) in [7, 11) is 4.03. The van der Waals surface area contributed by atoms with Gasteiger partial charge in [-0.15, -0.1) is 12.4 Å². The second-order valence-corrected chi connectivity index (χ2v) is 9.91. The van der Waals surface area contributed by atoms with Crippen LogP contribution in [-0.4, -0.2) is 43.9 Å². The molecule has 1 aliphatic heterocycles. The Morgan fingerprint density at radius 1 is 1.08 bits per heavy atom. The highest BCUT2D eigenvalue weighted by atomic mass is 35.5. The number of carbonyl (C=O) groups excluding carboxylic acids is 2. The Hall–Kier alpha value is -3.19. The van der Waals surface area contributed by atoms with Gasteiger partial charge in [-0.25, -0.2) is 4.39 Å². The number of allylic oxidation sites excluding steroid dienone is 1. The molecule has 3 aromatic carbocycles. The lowest BCUT2D eigenvalue weighted by atomic mass is 9.99. The van der Waals surface area contributed by atoms with Gasteiger partial charge < -0.3 is 15.1 Å². The summed E-state index contributed by atoms with van der Waals surface area (Å²) in [5.74, 6) is -0.840. The molecular formula is C30H32Cl2FN3O2. The van der Waals surface area contributed by atoms with Crippen LogP contribution in [0.15, 0.2) is 66.7 Å². The maximum atomic E-state index is 14.3. The minimum atomic E-state index is -0.335. The molecular weight excluding hydrogens is 524 g/mol. The topological polar surface area (TPSA) is 52.7 Å². The van der Waals surface area contributed by atoms with Gasteiger partial charge in [0.05, 0.1) is 16.3 Å². The van der Waals surface area contributed by atoms with E-state index in [1.165, 1.54) is 12.1 Å². The summed E-state index contributed by atoms with van der Waals surface area (Å²) in [4.78, 5) is 30.1. The molecule has 3 aromatic rings. The average molecular weight is 557 g/mol. The Balaban J connectivity index is 0.00000400. The quantitative estimate of drug-likeness (QED) is 0.348. The predicted molar refractivity (Wildman–Crippen MR) is 156 cm³/mol. The van der Waals surface area contributed by atoms with Crippen LogP contribution in [0.2, 0.25) is 5.02 Å². The van der Waals surface area contributed by atoms with Gasteiger partial charge in [0.15, 0.2) is 0 Å². The number of nitrogens with zero attached hydrogens (tertiary/aromatic N) is 2. The lowest BCUT2D eigenvalue weighted by molar-refractivity contribution is 0.0986. The van der Waals surface area contributed by atoms with E-state index in [0.29, 0.717) is 29.0 Å². The molecule has 0 spiro atoms. The molecule has 200 valence electrons. The first-order chi connectivity index (χ1) is 17.7. The summed E-state index contributed by atoms with van der Waals surface area (Å²) in [6, 6.07) is 16.8. The third-order valence-electron chi connectivity index (χ3n) is 6.48. The van der Waals surface area contributed by atoms with Crippen LogP contribution >= 0.6 is 24.0 Å². The first-order valence-corrected chi connectivity index (χ1v) is 12.7. The molecule has 0 saturated carbocycles. The molecule has 0 aromatic heterocycles. The van der Waals surface area contributed by atoms with Crippen molar-refractivity contribution in [2.24, 2.45) is 0 Å². The van der Waals surface area contributed by atoms with Crippen LogP contribution in [0.3, 0.4) is 0 Å². The molecule has 1 heterocycles. The van der Waals surface area contributed by atoms with E-state index in [-0.39, 0.29) is 35.1 Å². The number of anilines is 2. The van der Waals surface area contributed by atoms with Gasteiger partial charge in [0, 0.05) is 29.9 Å². The molecule has 0 saturated heterocycles. The highest BCUT2D eigenvalue weighted by Crippen LogP contribution is 2.36. The lowest BCUT2D eigenvalue weighted by Gasteiger charge is -2.24. The Bertz CT molecular complexity index is 1360. The zero-order chi connectivity index (χ0) is 26.5. The van der Waals surface area contributed by atoms with Crippen molar-refractivity contribution in [1.29, 1.82) is 0 Å². The number of nitrogens with one attached hydrogen (secondary N) is 1. The number of rotatable bonds is 6. The van der Waals surface area contributed by atoms with Gasteiger partial charge in [-0.1, -0.05) is 35.9 Å². The molecule has 0 atom stereocenters. The molecule has 1 N–H and O–H groups in total. The molecule has 0 bridgehead atoms. The summed E-state index contributed by atoms with van der Waals surface area (Å²) in [6.07, 6.45) is 4.49. The summed E-state index contributed by atoms with van der Waals surface area (Å²) in [5, 5.41) is 3.09. The van der Waals surface area contributed by atoms with Crippen LogP contribution in [-0.2, 0) is 0 Å². The van der Waals surface area contributed by atoms with E-state index in [0.717, 1.165) is 42.5 Å². The van der Waals surface area contributed by atoms with Crippen LogP contribution in [0, 0.1) is 12.7 Å². The fourth-order valence-electron chi connectivity index (χ4n) is 4.54. The van der Waals surface area contributed by atoms with Gasteiger partial charge in [0.2, 0.25) is 0 Å². The summed E-state index contributed by atoms with van der Waals surface area (Å²) < 4.78 is 14.3. The van der Waals surface area contributed by atoms with Gasteiger partial charge in [0.25, 0.3) is 11.8 Å². The third-order valence-corrected chi connectivity index (χ3v) is 6.80. The van der Waals surface area contributed by atoms with Crippen molar-refractivity contribution in [2.75, 3.05) is 37.4 Å². The normalized spacial score (nSPS) is 14.1. The highest BCUT2D eigenvalue weighted by Gasteiger charge is 2.26. The van der Waals surface area contributed by atoms with Crippen LogP contribution in [0.4, 0.5) is 15.8 Å². The van der Waals surface area contributed by atoms with Gasteiger partial charge >= 0.3 is 0 Å². The molecule has 0 radical (unpaired) electrons. The minimum Gasteiger partial charge on any atom is -0.322 e. The van der Waals surface area contributed by atoms with Crippen molar-refractivity contribution >= 4 is 52.8 Å². The maximum Gasteiger partial charge on any atom is 0.259 e. The van der Waals surface area contributed by atoms with Crippen molar-refractivity contribution in [2.45, 2.75) is 26.2 Å². The minimum absolute atomic E-state index is 0. The van der Waals surface area contributed by atoms with E-state index in [4.69, 9.17) is 11.6 Å². The second-order valence-electron chi connectivity index (χ2n) is 9.51. The maximum absolute atomic E-state index is 14.3. The Morgan fingerprint density at radius 3 is 2.55 bits per heavy atom. The molecule has 1 aliphatic rings. The van der Waals surface area contributed by atoms with Crippen molar-refractivity contribution in [3.05, 3.63) is 99.8 Å². The van der Waals surface area contributed by atoms with Crippen LogP contribution in [0.25, 0.3) is 5.57 Å². The molecule has 2 amide bonds. The molecule has 5 nitrogen and oxygen atoms in total. The van der Waals surface area contributed by atoms with Crippen LogP contribution in [0.5, 0.6) is 0 Å². The standard InChI is InChI=1S/C30H31ClFN3O2.ClH/c1-20-8-4-5-11-24(20)29(36)33-23-13-14-25(27(31)19-23)30(37)35-17-7-10-21(9-6-16-34(2)3)26-18-22(32)12-15-28(26)35;/h4-5,8-9,11-15,18-19H,6-7,10,16-17H2,1-3H3,(H,33,36);1H/b21-9-;. The van der Waals surface area contributed by atoms with E-state index in [1.807, 2.05) is 39.2 Å². The van der Waals surface area contributed by atoms with Crippen molar-refractivity contribution < 1.29 is 14.0 Å². The predicted octanol–water partition coefficient (Wildman–Crippen LogP) is 7.24. The average Bonchev–Trinajstić information content (AvgIpc) is 3.03. The number of hydrogen-bond acceptors (Lipinski definition) is 3. The third kappa shape index (κ3) is 6.81. The smallest absolute Gasteiger partial charge is 0.259 e. The largest absolute Gasteiger partial charge is 0.322 e. The first-order valence-electron chi connectivity index (χ1n) is 12.4. The zero-order valence-electron chi connectivity index (χ0n) is 21.8. The Kier molecular flexibility index (Phi) is 10.1.